The summed E-state index contributed by atoms with van der Waals surface area (Å²) < 4.78 is 71.4. The minimum atomic E-state index is -1.12. The molecular weight excluding hydrogens is 407 g/mol. The molecule has 5 aromatic carbocycles. The Kier molecular flexibility index (Phi) is 4.47. The highest BCUT2D eigenvalue weighted by molar-refractivity contribution is 6.21. The molecule has 31 heavy (non-hydrogen) atoms. The van der Waals surface area contributed by atoms with Crippen LogP contribution in [0.4, 0.5) is 22.0 Å². The Morgan fingerprint density at radius 1 is 0.387 bits per heavy atom. The second-order valence-electron chi connectivity index (χ2n) is 7.22. The first-order chi connectivity index (χ1) is 15.0. The van der Waals surface area contributed by atoms with E-state index in [1.165, 1.54) is 18.2 Å². The SMILES string of the molecule is Fc1ccc(-c2c3cc(F)c(F)cc3c(-c3ccccc3)c3cccc(F)c23)cc1F. The van der Waals surface area contributed by atoms with Crippen molar-refractivity contribution < 1.29 is 22.0 Å². The van der Waals surface area contributed by atoms with Crippen molar-refractivity contribution in [2.24, 2.45) is 0 Å². The second kappa shape index (κ2) is 7.20. The van der Waals surface area contributed by atoms with Gasteiger partial charge in [-0.3, -0.25) is 0 Å². The first-order valence-electron chi connectivity index (χ1n) is 9.49. The fourth-order valence-electron chi connectivity index (χ4n) is 4.09. The molecule has 0 heterocycles. The van der Waals surface area contributed by atoms with Gasteiger partial charge in [-0.05, 0) is 63.2 Å². The molecule has 0 aliphatic carbocycles. The number of hydrogen-bond donors (Lipinski definition) is 0. The van der Waals surface area contributed by atoms with Gasteiger partial charge in [0.15, 0.2) is 23.3 Å². The first-order valence-corrected chi connectivity index (χ1v) is 9.49. The predicted octanol–water partition coefficient (Wildman–Crippen LogP) is 8.02. The van der Waals surface area contributed by atoms with Crippen molar-refractivity contribution in [1.29, 1.82) is 0 Å². The molecule has 0 amide bonds. The predicted molar refractivity (Wildman–Crippen MR) is 112 cm³/mol. The average Bonchev–Trinajstić information content (AvgIpc) is 2.76. The number of hydrogen-bond acceptors (Lipinski definition) is 0. The molecule has 0 aliphatic heterocycles. The number of rotatable bonds is 2. The quantitative estimate of drug-likeness (QED) is 0.200. The molecule has 0 aliphatic rings. The molecule has 0 saturated carbocycles. The lowest BCUT2D eigenvalue weighted by Gasteiger charge is -2.18. The summed E-state index contributed by atoms with van der Waals surface area (Å²) in [4.78, 5) is 0. The Hall–Kier alpha value is -3.73. The molecule has 5 aromatic rings. The highest BCUT2D eigenvalue weighted by Gasteiger charge is 2.21. The molecule has 152 valence electrons. The van der Waals surface area contributed by atoms with Gasteiger partial charge in [-0.15, -0.1) is 0 Å². The fourth-order valence-corrected chi connectivity index (χ4v) is 4.09. The molecule has 5 heteroatoms. The molecule has 0 fully saturated rings. The molecule has 0 saturated heterocycles. The molecule has 0 nitrogen and oxygen atoms in total. The first kappa shape index (κ1) is 19.2. The van der Waals surface area contributed by atoms with Crippen LogP contribution in [0.3, 0.4) is 0 Å². The van der Waals surface area contributed by atoms with Crippen molar-refractivity contribution in [2.75, 3.05) is 0 Å². The highest BCUT2D eigenvalue weighted by Crippen LogP contribution is 2.45. The van der Waals surface area contributed by atoms with Crippen molar-refractivity contribution in [1.82, 2.24) is 0 Å². The third-order valence-electron chi connectivity index (χ3n) is 5.40. The third kappa shape index (κ3) is 3.05. The van der Waals surface area contributed by atoms with E-state index in [4.69, 9.17) is 0 Å². The summed E-state index contributed by atoms with van der Waals surface area (Å²) in [5, 5.41) is 1.10. The van der Waals surface area contributed by atoms with E-state index in [-0.39, 0.29) is 21.9 Å². The van der Waals surface area contributed by atoms with Crippen LogP contribution in [-0.2, 0) is 0 Å². The van der Waals surface area contributed by atoms with Crippen LogP contribution in [0, 0.1) is 29.1 Å². The van der Waals surface area contributed by atoms with Crippen molar-refractivity contribution >= 4 is 21.5 Å². The van der Waals surface area contributed by atoms with Gasteiger partial charge in [-0.2, -0.15) is 0 Å². The van der Waals surface area contributed by atoms with E-state index < -0.39 is 29.1 Å². The van der Waals surface area contributed by atoms with Crippen molar-refractivity contribution in [2.45, 2.75) is 0 Å². The van der Waals surface area contributed by atoms with E-state index in [2.05, 4.69) is 0 Å². The lowest BCUT2D eigenvalue weighted by atomic mass is 9.85. The van der Waals surface area contributed by atoms with Gasteiger partial charge < -0.3 is 0 Å². The largest absolute Gasteiger partial charge is 0.206 e. The maximum atomic E-state index is 15.2. The van der Waals surface area contributed by atoms with Gasteiger partial charge in [0.25, 0.3) is 0 Å². The van der Waals surface area contributed by atoms with Crippen LogP contribution in [0.15, 0.2) is 78.9 Å². The summed E-state index contributed by atoms with van der Waals surface area (Å²) in [6.45, 7) is 0. The normalized spacial score (nSPS) is 11.4. The smallest absolute Gasteiger partial charge is 0.159 e. The minimum Gasteiger partial charge on any atom is -0.206 e. The fraction of sp³-hybridized carbons (Fsp3) is 0. The number of fused-ring (bicyclic) bond motifs is 2. The van der Waals surface area contributed by atoms with Gasteiger partial charge in [-0.1, -0.05) is 48.5 Å². The third-order valence-corrected chi connectivity index (χ3v) is 5.40. The van der Waals surface area contributed by atoms with Crippen molar-refractivity contribution in [3.8, 4) is 22.3 Å². The molecule has 5 rings (SSSR count). The van der Waals surface area contributed by atoms with Gasteiger partial charge in [-0.25, -0.2) is 22.0 Å². The number of benzene rings is 5. The molecular formula is C26H13F5. The lowest BCUT2D eigenvalue weighted by molar-refractivity contribution is 0.509. The van der Waals surface area contributed by atoms with E-state index in [9.17, 15) is 17.6 Å². The standard InChI is InChI=1S/C26H13F5/c27-19-10-9-15(11-21(19)29)25-18-13-23(31)22(30)12-17(18)24(14-5-2-1-3-6-14)16-7-4-8-20(28)26(16)25/h1-13H. The van der Waals surface area contributed by atoms with Crippen LogP contribution >= 0.6 is 0 Å². The summed E-state index contributed by atoms with van der Waals surface area (Å²) in [5.41, 5.74) is 1.53. The molecule has 0 spiro atoms. The van der Waals surface area contributed by atoms with E-state index in [0.717, 1.165) is 24.3 Å². The molecule has 0 unspecified atom stereocenters. The lowest BCUT2D eigenvalue weighted by Crippen LogP contribution is -1.96. The summed E-state index contributed by atoms with van der Waals surface area (Å²) in [6, 6.07) is 18.6. The summed E-state index contributed by atoms with van der Waals surface area (Å²) in [7, 11) is 0. The van der Waals surface area contributed by atoms with Gasteiger partial charge in [0.2, 0.25) is 0 Å². The zero-order valence-corrected chi connectivity index (χ0v) is 15.9. The molecule has 0 aromatic heterocycles. The maximum Gasteiger partial charge on any atom is 0.159 e. The molecule has 0 radical (unpaired) electrons. The van der Waals surface area contributed by atoms with Gasteiger partial charge in [0, 0.05) is 10.9 Å². The zero-order chi connectivity index (χ0) is 21.7. The van der Waals surface area contributed by atoms with Gasteiger partial charge in [0.05, 0.1) is 0 Å². The van der Waals surface area contributed by atoms with E-state index >= 15 is 4.39 Å². The summed E-state index contributed by atoms with van der Waals surface area (Å²) in [5.74, 6) is -4.97. The number of halogens is 5. The average molecular weight is 420 g/mol. The minimum absolute atomic E-state index is 0.117. The zero-order valence-electron chi connectivity index (χ0n) is 15.9. The van der Waals surface area contributed by atoms with Crippen LogP contribution in [0.5, 0.6) is 0 Å². The molecule has 0 atom stereocenters. The van der Waals surface area contributed by atoms with Crippen LogP contribution in [0.1, 0.15) is 0 Å². The van der Waals surface area contributed by atoms with Gasteiger partial charge in [0.1, 0.15) is 5.82 Å². The maximum absolute atomic E-state index is 15.2. The molecule has 0 bridgehead atoms. The summed E-state index contributed by atoms with van der Waals surface area (Å²) in [6.07, 6.45) is 0. The van der Waals surface area contributed by atoms with Gasteiger partial charge >= 0.3 is 0 Å². The Morgan fingerprint density at radius 2 is 1.03 bits per heavy atom. The van der Waals surface area contributed by atoms with Crippen LogP contribution in [0.25, 0.3) is 43.8 Å². The van der Waals surface area contributed by atoms with E-state index in [1.54, 1.807) is 30.3 Å². The topological polar surface area (TPSA) is 0 Å². The Bertz CT molecular complexity index is 1470. The van der Waals surface area contributed by atoms with E-state index in [0.29, 0.717) is 21.9 Å². The highest BCUT2D eigenvalue weighted by atomic mass is 19.2. The summed E-state index contributed by atoms with van der Waals surface area (Å²) >= 11 is 0. The van der Waals surface area contributed by atoms with E-state index in [1.807, 2.05) is 6.07 Å². The Labute approximate surface area is 174 Å². The van der Waals surface area contributed by atoms with Crippen LogP contribution < -0.4 is 0 Å². The van der Waals surface area contributed by atoms with Crippen LogP contribution in [0.2, 0.25) is 0 Å². The monoisotopic (exact) mass is 420 g/mol. The van der Waals surface area contributed by atoms with Crippen molar-refractivity contribution in [3.05, 3.63) is 108 Å². The van der Waals surface area contributed by atoms with Crippen molar-refractivity contribution in [3.63, 3.8) is 0 Å². The second-order valence-corrected chi connectivity index (χ2v) is 7.22. The Balaban J connectivity index is 2.07. The molecule has 0 N–H and O–H groups in total. The Morgan fingerprint density at radius 3 is 1.71 bits per heavy atom. The van der Waals surface area contributed by atoms with Crippen LogP contribution in [-0.4, -0.2) is 0 Å².